The smallest absolute Gasteiger partial charge is 0.329 e. The first kappa shape index (κ1) is 15.5. The molecule has 0 amide bonds. The fourth-order valence-electron chi connectivity index (χ4n) is 2.58. The van der Waals surface area contributed by atoms with Crippen LogP contribution in [-0.4, -0.2) is 25.2 Å². The number of nitrogens with zero attached hydrogens (tertiary/aromatic N) is 4. The van der Waals surface area contributed by atoms with Crippen LogP contribution in [-0.2, 0) is 26.6 Å². The van der Waals surface area contributed by atoms with Gasteiger partial charge in [0.15, 0.2) is 11.2 Å². The molecule has 0 saturated heterocycles. The van der Waals surface area contributed by atoms with Crippen molar-refractivity contribution >= 4 is 11.2 Å². The molecule has 2 N–H and O–H groups in total. The van der Waals surface area contributed by atoms with Crippen LogP contribution in [0, 0.1) is 5.92 Å². The van der Waals surface area contributed by atoms with Crippen molar-refractivity contribution in [1.82, 2.24) is 18.7 Å². The third-order valence-electron chi connectivity index (χ3n) is 3.57. The lowest BCUT2D eigenvalue weighted by Crippen LogP contribution is -2.38. The van der Waals surface area contributed by atoms with Crippen molar-refractivity contribution in [2.24, 2.45) is 18.7 Å². The van der Waals surface area contributed by atoms with Crippen molar-refractivity contribution in [3.05, 3.63) is 26.7 Å². The molecule has 0 unspecified atom stereocenters. The molecule has 7 nitrogen and oxygen atoms in total. The number of hydrogen-bond donors (Lipinski definition) is 1. The van der Waals surface area contributed by atoms with Gasteiger partial charge in [0.05, 0.1) is 0 Å². The molecule has 2 aromatic rings. The summed E-state index contributed by atoms with van der Waals surface area (Å²) in [5.74, 6) is 1.22. The highest BCUT2D eigenvalue weighted by Crippen LogP contribution is 2.14. The van der Waals surface area contributed by atoms with Crippen molar-refractivity contribution in [2.45, 2.75) is 40.3 Å². The minimum absolute atomic E-state index is 0.310. The molecule has 0 aliphatic heterocycles. The molecule has 0 aromatic carbocycles. The van der Waals surface area contributed by atoms with E-state index in [0.29, 0.717) is 36.7 Å². The third kappa shape index (κ3) is 2.53. The summed E-state index contributed by atoms with van der Waals surface area (Å²) in [5.41, 5.74) is 5.97. The zero-order chi connectivity index (χ0) is 15.7. The lowest BCUT2D eigenvalue weighted by atomic mass is 10.1. The largest absolute Gasteiger partial charge is 0.332 e. The molecule has 0 bridgehead atoms. The Morgan fingerprint density at radius 2 is 1.90 bits per heavy atom. The van der Waals surface area contributed by atoms with Crippen molar-refractivity contribution in [3.8, 4) is 0 Å². The van der Waals surface area contributed by atoms with Crippen LogP contribution in [0.2, 0.25) is 0 Å². The molecule has 0 saturated carbocycles. The quantitative estimate of drug-likeness (QED) is 0.845. The van der Waals surface area contributed by atoms with Gasteiger partial charge in [-0.25, -0.2) is 9.78 Å². The minimum atomic E-state index is -0.330. The summed E-state index contributed by atoms with van der Waals surface area (Å²) in [5, 5.41) is 0. The second kappa shape index (κ2) is 5.85. The maximum Gasteiger partial charge on any atom is 0.332 e. The second-order valence-electron chi connectivity index (χ2n) is 5.63. The number of aromatic nitrogens is 4. The van der Waals surface area contributed by atoms with Crippen molar-refractivity contribution < 1.29 is 0 Å². The molecular weight excluding hydrogens is 270 g/mol. The molecule has 7 heteroatoms. The maximum absolute atomic E-state index is 12.5. The molecule has 0 spiro atoms. The van der Waals surface area contributed by atoms with Gasteiger partial charge < -0.3 is 10.3 Å². The van der Waals surface area contributed by atoms with Gasteiger partial charge in [-0.15, -0.1) is 0 Å². The van der Waals surface area contributed by atoms with Crippen molar-refractivity contribution in [1.29, 1.82) is 0 Å². The average molecular weight is 293 g/mol. The summed E-state index contributed by atoms with van der Waals surface area (Å²) < 4.78 is 4.54. The van der Waals surface area contributed by atoms with Crippen molar-refractivity contribution in [2.75, 3.05) is 6.54 Å². The molecule has 0 aliphatic rings. The Kier molecular flexibility index (Phi) is 4.32. The van der Waals surface area contributed by atoms with Crippen LogP contribution in [0.5, 0.6) is 0 Å². The fourth-order valence-corrected chi connectivity index (χ4v) is 2.58. The van der Waals surface area contributed by atoms with Crippen LogP contribution < -0.4 is 17.0 Å². The Hall–Kier alpha value is -1.89. The van der Waals surface area contributed by atoms with E-state index in [-0.39, 0.29) is 11.2 Å². The van der Waals surface area contributed by atoms with E-state index in [1.165, 1.54) is 11.6 Å². The summed E-state index contributed by atoms with van der Waals surface area (Å²) in [6.07, 6.45) is 0.746. The van der Waals surface area contributed by atoms with Gasteiger partial charge >= 0.3 is 5.69 Å². The fraction of sp³-hybridized carbons (Fsp3) is 0.643. The molecule has 21 heavy (non-hydrogen) atoms. The molecule has 0 radical (unpaired) electrons. The van der Waals surface area contributed by atoms with Crippen molar-refractivity contribution in [3.63, 3.8) is 0 Å². The molecular formula is C14H23N5O2. The summed E-state index contributed by atoms with van der Waals surface area (Å²) in [6, 6.07) is 0. The normalized spacial score (nSPS) is 11.7. The van der Waals surface area contributed by atoms with E-state index in [1.54, 1.807) is 0 Å². The molecule has 2 aromatic heterocycles. The maximum atomic E-state index is 12.5. The zero-order valence-corrected chi connectivity index (χ0v) is 13.1. The van der Waals surface area contributed by atoms with Gasteiger partial charge in [0.2, 0.25) is 0 Å². The molecule has 116 valence electrons. The predicted molar refractivity (Wildman–Crippen MR) is 82.5 cm³/mol. The lowest BCUT2D eigenvalue weighted by molar-refractivity contribution is 0.580. The monoisotopic (exact) mass is 293 g/mol. The van der Waals surface area contributed by atoms with Crippen LogP contribution in [0.15, 0.2) is 9.59 Å². The van der Waals surface area contributed by atoms with E-state index in [0.717, 1.165) is 16.8 Å². The Morgan fingerprint density at radius 1 is 1.24 bits per heavy atom. The first-order chi connectivity index (χ1) is 9.92. The lowest BCUT2D eigenvalue weighted by Gasteiger charge is -2.09. The predicted octanol–water partition coefficient (Wildman–Crippen LogP) is 0.0738. The summed E-state index contributed by atoms with van der Waals surface area (Å²) in [4.78, 5) is 29.2. The molecule has 2 heterocycles. The highest BCUT2D eigenvalue weighted by Gasteiger charge is 2.19. The van der Waals surface area contributed by atoms with Gasteiger partial charge in [0.25, 0.3) is 5.56 Å². The Labute approximate surface area is 123 Å². The molecule has 2 rings (SSSR count). The second-order valence-corrected chi connectivity index (χ2v) is 5.63. The van der Waals surface area contributed by atoms with Crippen LogP contribution in [0.1, 0.15) is 26.6 Å². The molecule has 0 atom stereocenters. The number of hydrogen-bond acceptors (Lipinski definition) is 4. The van der Waals surface area contributed by atoms with E-state index in [4.69, 9.17) is 5.73 Å². The first-order valence-electron chi connectivity index (χ1n) is 7.31. The van der Waals surface area contributed by atoms with Gasteiger partial charge in [-0.2, -0.15) is 0 Å². The minimum Gasteiger partial charge on any atom is -0.329 e. The Morgan fingerprint density at radius 3 is 2.43 bits per heavy atom. The summed E-state index contributed by atoms with van der Waals surface area (Å²) >= 11 is 0. The first-order valence-corrected chi connectivity index (χ1v) is 7.31. The molecule has 0 fully saturated rings. The SMILES string of the molecule is CCn1c(=O)n(C)c(=O)c2c1nc(CC(C)C)n2CCN. The van der Waals surface area contributed by atoms with Gasteiger partial charge in [-0.3, -0.25) is 13.9 Å². The third-order valence-corrected chi connectivity index (χ3v) is 3.57. The zero-order valence-electron chi connectivity index (χ0n) is 13.1. The summed E-state index contributed by atoms with van der Waals surface area (Å²) in [7, 11) is 1.50. The average Bonchev–Trinajstić information content (AvgIpc) is 2.75. The Bertz CT molecular complexity index is 766. The number of fused-ring (bicyclic) bond motifs is 1. The number of imidazole rings is 1. The van der Waals surface area contributed by atoms with E-state index < -0.39 is 0 Å². The van der Waals surface area contributed by atoms with Gasteiger partial charge in [0, 0.05) is 33.1 Å². The van der Waals surface area contributed by atoms with E-state index >= 15 is 0 Å². The van der Waals surface area contributed by atoms with Gasteiger partial charge in [-0.1, -0.05) is 13.8 Å². The van der Waals surface area contributed by atoms with E-state index in [2.05, 4.69) is 18.8 Å². The van der Waals surface area contributed by atoms with E-state index in [9.17, 15) is 9.59 Å². The van der Waals surface area contributed by atoms with Crippen LogP contribution >= 0.6 is 0 Å². The van der Waals surface area contributed by atoms with E-state index in [1.807, 2.05) is 11.5 Å². The van der Waals surface area contributed by atoms with Crippen LogP contribution in [0.3, 0.4) is 0 Å². The van der Waals surface area contributed by atoms with Gasteiger partial charge in [-0.05, 0) is 12.8 Å². The standard InChI is InChI=1S/C14H23N5O2/c1-5-18-12-11(13(20)17(4)14(18)21)19(7-6-15)10(16-12)8-9(2)3/h9H,5-8,15H2,1-4H3. The molecule has 0 aliphatic carbocycles. The highest BCUT2D eigenvalue weighted by atomic mass is 16.2. The highest BCUT2D eigenvalue weighted by molar-refractivity contribution is 5.71. The number of rotatable bonds is 5. The van der Waals surface area contributed by atoms with Gasteiger partial charge in [0.1, 0.15) is 5.82 Å². The topological polar surface area (TPSA) is 87.8 Å². The van der Waals surface area contributed by atoms with Crippen LogP contribution in [0.4, 0.5) is 0 Å². The number of aryl methyl sites for hydroxylation is 1. The summed E-state index contributed by atoms with van der Waals surface area (Å²) in [6.45, 7) is 7.48. The van der Waals surface area contributed by atoms with Crippen LogP contribution in [0.25, 0.3) is 11.2 Å². The Balaban J connectivity index is 2.90. The number of nitrogens with two attached hydrogens (primary N) is 1.